The van der Waals surface area contributed by atoms with Crippen LogP contribution in [-0.4, -0.2) is 0 Å². The van der Waals surface area contributed by atoms with Crippen LogP contribution in [0.3, 0.4) is 0 Å². The second-order valence-corrected chi connectivity index (χ2v) is 8.93. The van der Waals surface area contributed by atoms with Crippen molar-refractivity contribution in [2.24, 2.45) is 23.7 Å². The van der Waals surface area contributed by atoms with Crippen molar-refractivity contribution < 1.29 is 0 Å². The van der Waals surface area contributed by atoms with Gasteiger partial charge in [-0.15, -0.1) is 0 Å². The van der Waals surface area contributed by atoms with Gasteiger partial charge in [0, 0.05) is 0 Å². The van der Waals surface area contributed by atoms with E-state index in [0.29, 0.717) is 0 Å². The van der Waals surface area contributed by atoms with Crippen LogP contribution in [0, 0.1) is 23.7 Å². The monoisotopic (exact) mass is 356 g/mol. The van der Waals surface area contributed by atoms with Crippen molar-refractivity contribution in [3.8, 4) is 0 Å². The minimum absolute atomic E-state index is 0.882. The lowest BCUT2D eigenvalue weighted by molar-refractivity contribution is 0.293. The molecule has 0 aromatic heterocycles. The van der Waals surface area contributed by atoms with Gasteiger partial charge in [0.15, 0.2) is 0 Å². The summed E-state index contributed by atoms with van der Waals surface area (Å²) >= 11 is 0. The summed E-state index contributed by atoms with van der Waals surface area (Å²) in [6.45, 7) is 4.41. The molecule has 0 spiro atoms. The molecule has 0 bridgehead atoms. The molecular formula is C26H44. The van der Waals surface area contributed by atoms with Crippen LogP contribution in [0.25, 0.3) is 0 Å². The van der Waals surface area contributed by atoms with E-state index in [1.54, 1.807) is 0 Å². The zero-order valence-corrected chi connectivity index (χ0v) is 17.7. The summed E-state index contributed by atoms with van der Waals surface area (Å²) in [5.74, 6) is 3.76. The maximum atomic E-state index is 2.57. The van der Waals surface area contributed by atoms with Gasteiger partial charge in [-0.05, 0) is 114 Å². The Kier molecular flexibility index (Phi) is 11.1. The van der Waals surface area contributed by atoms with Crippen molar-refractivity contribution in [1.29, 1.82) is 0 Å². The summed E-state index contributed by atoms with van der Waals surface area (Å²) in [6, 6.07) is 0. The fourth-order valence-electron chi connectivity index (χ4n) is 4.91. The summed E-state index contributed by atoms with van der Waals surface area (Å²) in [7, 11) is 0. The number of allylic oxidation sites excluding steroid dienone is 6. The molecule has 0 heteroatoms. The predicted molar refractivity (Wildman–Crippen MR) is 117 cm³/mol. The van der Waals surface area contributed by atoms with Crippen LogP contribution in [0.5, 0.6) is 0 Å². The highest BCUT2D eigenvalue weighted by Crippen LogP contribution is 2.34. The molecule has 2 aliphatic rings. The van der Waals surface area contributed by atoms with Gasteiger partial charge in [-0.1, -0.05) is 49.8 Å². The average molecular weight is 357 g/mol. The molecule has 2 saturated carbocycles. The van der Waals surface area contributed by atoms with Crippen LogP contribution in [0.4, 0.5) is 0 Å². The Balaban J connectivity index is 1.52. The zero-order valence-electron chi connectivity index (χ0n) is 17.7. The summed E-state index contributed by atoms with van der Waals surface area (Å²) in [5, 5.41) is 0. The molecule has 26 heavy (non-hydrogen) atoms. The fourth-order valence-corrected chi connectivity index (χ4v) is 4.91. The molecule has 2 rings (SSSR count). The van der Waals surface area contributed by atoms with Crippen molar-refractivity contribution >= 4 is 0 Å². The van der Waals surface area contributed by atoms with Gasteiger partial charge in [0.25, 0.3) is 0 Å². The van der Waals surface area contributed by atoms with Crippen LogP contribution in [0.15, 0.2) is 36.5 Å². The Morgan fingerprint density at radius 3 is 1.54 bits per heavy atom. The summed E-state index contributed by atoms with van der Waals surface area (Å²) in [4.78, 5) is 0. The molecule has 148 valence electrons. The molecule has 0 heterocycles. The minimum atomic E-state index is 0.882. The first kappa shape index (κ1) is 21.5. The number of rotatable bonds is 10. The molecule has 0 nitrogen and oxygen atoms in total. The highest BCUT2D eigenvalue weighted by atomic mass is 14.3. The largest absolute Gasteiger partial charge is 0.0917 e. The number of unbranched alkanes of at least 4 members (excludes halogenated alkanes) is 1. The smallest absolute Gasteiger partial charge is 0.0233 e. The Morgan fingerprint density at radius 2 is 1.08 bits per heavy atom. The average Bonchev–Trinajstić information content (AvgIpc) is 2.68. The van der Waals surface area contributed by atoms with Crippen LogP contribution in [0.1, 0.15) is 104 Å². The van der Waals surface area contributed by atoms with Crippen LogP contribution in [-0.2, 0) is 0 Å². The normalized spacial score (nSPS) is 30.7. The molecule has 0 atom stereocenters. The van der Waals surface area contributed by atoms with Crippen LogP contribution < -0.4 is 0 Å². The minimum Gasteiger partial charge on any atom is -0.0917 e. The lowest BCUT2D eigenvalue weighted by atomic mass is 9.79. The molecule has 0 aromatic rings. The second-order valence-electron chi connectivity index (χ2n) is 8.93. The van der Waals surface area contributed by atoms with Crippen LogP contribution in [0.2, 0.25) is 0 Å². The van der Waals surface area contributed by atoms with Gasteiger partial charge >= 0.3 is 0 Å². The van der Waals surface area contributed by atoms with Gasteiger partial charge in [-0.2, -0.15) is 0 Å². The lowest BCUT2D eigenvalue weighted by Crippen LogP contribution is -2.13. The molecule has 2 fully saturated rings. The van der Waals surface area contributed by atoms with Crippen molar-refractivity contribution in [3.05, 3.63) is 36.5 Å². The summed E-state index contributed by atoms with van der Waals surface area (Å²) in [5.41, 5.74) is 0. The highest BCUT2D eigenvalue weighted by Gasteiger charge is 2.20. The van der Waals surface area contributed by atoms with Gasteiger partial charge in [0.2, 0.25) is 0 Å². The molecule has 2 aliphatic carbocycles. The first-order valence-corrected chi connectivity index (χ1v) is 11.8. The third-order valence-electron chi connectivity index (χ3n) is 6.77. The van der Waals surface area contributed by atoms with Crippen molar-refractivity contribution in [2.45, 2.75) is 104 Å². The van der Waals surface area contributed by atoms with Gasteiger partial charge < -0.3 is 0 Å². The number of hydrogen-bond acceptors (Lipinski definition) is 0. The van der Waals surface area contributed by atoms with Crippen molar-refractivity contribution in [1.82, 2.24) is 0 Å². The first-order valence-electron chi connectivity index (χ1n) is 11.8. The Morgan fingerprint density at radius 1 is 0.615 bits per heavy atom. The van der Waals surface area contributed by atoms with E-state index in [9.17, 15) is 0 Å². The van der Waals surface area contributed by atoms with E-state index >= 15 is 0 Å². The van der Waals surface area contributed by atoms with E-state index in [1.807, 2.05) is 0 Å². The Bertz CT molecular complexity index is 411. The lowest BCUT2D eigenvalue weighted by Gasteiger charge is -2.27. The quantitative estimate of drug-likeness (QED) is 0.343. The molecule has 0 amide bonds. The highest BCUT2D eigenvalue weighted by molar-refractivity contribution is 4.93. The van der Waals surface area contributed by atoms with E-state index in [4.69, 9.17) is 0 Å². The molecule has 0 unspecified atom stereocenters. The standard InChI is InChI=1S/C26H44/c1-3-5-7-11-23-15-19-25(20-16-23)13-9-10-14-26-21-17-24(18-22-26)12-8-6-4-2/h3,5,8-9,12-13,23-26H,4,6-7,10-11,14-22H2,1-2H3/b5-3+,12-8+,13-9+/t23-,24-,25-,26-. The maximum Gasteiger partial charge on any atom is -0.0233 e. The van der Waals surface area contributed by atoms with Gasteiger partial charge in [0.05, 0.1) is 0 Å². The molecule has 0 aromatic carbocycles. The fraction of sp³-hybridized carbons (Fsp3) is 0.769. The molecule has 0 saturated heterocycles. The van der Waals surface area contributed by atoms with E-state index < -0.39 is 0 Å². The second kappa shape index (κ2) is 13.4. The molecular weight excluding hydrogens is 312 g/mol. The summed E-state index contributed by atoms with van der Waals surface area (Å²) < 4.78 is 0. The Hall–Kier alpha value is -0.780. The maximum absolute atomic E-state index is 2.57. The molecule has 0 radical (unpaired) electrons. The van der Waals surface area contributed by atoms with Crippen LogP contribution >= 0.6 is 0 Å². The van der Waals surface area contributed by atoms with Crippen molar-refractivity contribution in [2.75, 3.05) is 0 Å². The predicted octanol–water partition coefficient (Wildman–Crippen LogP) is 8.65. The molecule has 0 N–H and O–H groups in total. The van der Waals surface area contributed by atoms with Gasteiger partial charge in [-0.3, -0.25) is 0 Å². The van der Waals surface area contributed by atoms with E-state index in [1.165, 1.54) is 89.9 Å². The van der Waals surface area contributed by atoms with E-state index in [2.05, 4.69) is 50.3 Å². The first-order chi connectivity index (χ1) is 12.8. The topological polar surface area (TPSA) is 0 Å². The van der Waals surface area contributed by atoms with Gasteiger partial charge in [-0.25, -0.2) is 0 Å². The van der Waals surface area contributed by atoms with Gasteiger partial charge in [0.1, 0.15) is 0 Å². The molecule has 0 aliphatic heterocycles. The Labute approximate surface area is 164 Å². The summed E-state index contributed by atoms with van der Waals surface area (Å²) in [6.07, 6.45) is 34.2. The third kappa shape index (κ3) is 8.74. The number of hydrogen-bond donors (Lipinski definition) is 0. The SMILES string of the molecule is C/C=C/CC[C@H]1CC[C@H](/C=C/CC[C@H]2CC[C@H](/C=C/CCC)CC2)CC1. The van der Waals surface area contributed by atoms with Crippen molar-refractivity contribution in [3.63, 3.8) is 0 Å². The third-order valence-corrected chi connectivity index (χ3v) is 6.77. The van der Waals surface area contributed by atoms with E-state index in [-0.39, 0.29) is 0 Å². The van der Waals surface area contributed by atoms with E-state index in [0.717, 1.165) is 23.7 Å². The zero-order chi connectivity index (χ0) is 18.5.